The molecule has 522 valence electrons. The van der Waals surface area contributed by atoms with Gasteiger partial charge in [0.15, 0.2) is 0 Å². The lowest BCUT2D eigenvalue weighted by Gasteiger charge is -2.51. The SMILES string of the molecule is CC1(C)CC(=NO)CC(C)(C)N1O.CC1(C)CC(NC(=O)/C=C\C(=O)O)CC(C)(C)N1O.CC1(C)CC(NC(=O)CCC(=O)O)CC(C)(C)N1O.CC1(C)CC(NC(=O)CCCCC(=O)O)CC(C)(C)N1O.CC1(C)CC(NC(=O)CCCO)CC(C)(C)N1O. The molecule has 5 heterocycles. The van der Waals surface area contributed by atoms with Crippen molar-refractivity contribution in [3.8, 4) is 0 Å². The maximum atomic E-state index is 11.9. The second-order valence-electron chi connectivity index (χ2n) is 31.3. The predicted octanol–water partition coefficient (Wildman–Crippen LogP) is 7.84. The molecule has 0 aromatic rings. The number of aliphatic hydroxyl groups is 1. The van der Waals surface area contributed by atoms with E-state index in [0.29, 0.717) is 83.5 Å². The van der Waals surface area contributed by atoms with Crippen LogP contribution in [0.15, 0.2) is 17.3 Å². The van der Waals surface area contributed by atoms with Gasteiger partial charge >= 0.3 is 17.9 Å². The molecule has 90 heavy (non-hydrogen) atoms. The first-order valence-corrected chi connectivity index (χ1v) is 31.4. The Kier molecular flexibility index (Phi) is 30.7. The number of nitrogens with zero attached hydrogens (tertiary/aromatic N) is 6. The van der Waals surface area contributed by atoms with E-state index in [1.54, 1.807) is 0 Å². The van der Waals surface area contributed by atoms with Crippen molar-refractivity contribution in [2.45, 2.75) is 334 Å². The average Bonchev–Trinajstić information content (AvgIpc) is 1.80. The molecule has 5 aliphatic heterocycles. The van der Waals surface area contributed by atoms with Gasteiger partial charge in [-0.25, -0.2) is 4.79 Å². The van der Waals surface area contributed by atoms with E-state index in [4.69, 9.17) is 25.6 Å². The molecule has 4 amide bonds. The first-order valence-electron chi connectivity index (χ1n) is 31.4. The van der Waals surface area contributed by atoms with Gasteiger partial charge in [-0.2, -0.15) is 25.3 Å². The van der Waals surface area contributed by atoms with Crippen LogP contribution in [0.2, 0.25) is 0 Å². The molecule has 14 N–H and O–H groups in total. The summed E-state index contributed by atoms with van der Waals surface area (Å²) in [6.07, 6.45) is 10.6. The van der Waals surface area contributed by atoms with Crippen LogP contribution in [0.1, 0.15) is 254 Å². The van der Waals surface area contributed by atoms with Crippen LogP contribution < -0.4 is 21.3 Å². The third kappa shape index (κ3) is 27.0. The van der Waals surface area contributed by atoms with Gasteiger partial charge in [0.1, 0.15) is 0 Å². The number of aliphatic carboxylic acids is 3. The minimum absolute atomic E-state index is 0.00443. The lowest BCUT2D eigenvalue weighted by atomic mass is 9.79. The van der Waals surface area contributed by atoms with E-state index in [9.17, 15) is 59.6 Å². The normalized spacial score (nSPS) is 23.6. The summed E-state index contributed by atoms with van der Waals surface area (Å²) >= 11 is 0. The molecule has 5 fully saturated rings. The van der Waals surface area contributed by atoms with E-state index >= 15 is 0 Å². The lowest BCUT2D eigenvalue weighted by molar-refractivity contribution is -0.246. The molecular weight excluding hydrogens is 1170 g/mol. The Morgan fingerprint density at radius 2 is 0.644 bits per heavy atom. The molecule has 0 atom stereocenters. The van der Waals surface area contributed by atoms with Gasteiger partial charge in [-0.1, -0.05) is 5.16 Å². The molecule has 0 spiro atoms. The Labute approximate surface area is 534 Å². The maximum Gasteiger partial charge on any atom is 0.328 e. The number of aliphatic hydroxyl groups excluding tert-OH is 1. The van der Waals surface area contributed by atoms with Gasteiger partial charge in [0, 0.05) is 137 Å². The third-order valence-corrected chi connectivity index (χ3v) is 17.1. The number of hydroxylamine groups is 10. The van der Waals surface area contributed by atoms with Crippen LogP contribution in [-0.4, -0.2) is 210 Å². The highest BCUT2D eigenvalue weighted by Gasteiger charge is 2.49. The summed E-state index contributed by atoms with van der Waals surface area (Å²) in [6, 6.07) is -0.0380. The monoisotopic (exact) mass is 1290 g/mol. The van der Waals surface area contributed by atoms with Crippen LogP contribution in [-0.2, 0) is 33.6 Å². The van der Waals surface area contributed by atoms with Crippen molar-refractivity contribution in [3.63, 3.8) is 0 Å². The Morgan fingerprint density at radius 1 is 0.389 bits per heavy atom. The van der Waals surface area contributed by atoms with Crippen LogP contribution in [0.5, 0.6) is 0 Å². The summed E-state index contributed by atoms with van der Waals surface area (Å²) in [4.78, 5) is 78.0. The van der Waals surface area contributed by atoms with Crippen molar-refractivity contribution in [1.29, 1.82) is 0 Å². The van der Waals surface area contributed by atoms with Gasteiger partial charge in [0.25, 0.3) is 0 Å². The van der Waals surface area contributed by atoms with Crippen LogP contribution in [0.3, 0.4) is 0 Å². The summed E-state index contributed by atoms with van der Waals surface area (Å²) in [5.74, 6) is -3.68. The number of hydrogen-bond acceptors (Lipinski definition) is 20. The number of piperidine rings is 5. The number of hydrogen-bond donors (Lipinski definition) is 14. The number of unbranched alkanes of at least 4 members (excludes halogenated alkanes) is 1. The fourth-order valence-electron chi connectivity index (χ4n) is 13.9. The fraction of sp³-hybridized carbons (Fsp3) is 0.841. The number of carboxylic acids is 3. The standard InChI is InChI=1S/C15H28N2O4.C13H24N2O4.C13H22N2O4.C13H26N2O3.C9H18N2O2/c1-14(2)9-11(10-15(3,4)17(14)21)16-12(18)7-5-6-8-13(19)20;2*1-12(2)7-9(8-13(3,4)15(12)19)14-10(16)5-6-11(17)18;1-12(2)8-10(9-13(3,4)15(12)18)14-11(17)6-5-7-16;1-8(2)5-7(10-12)6-9(3,4)11(8)13/h11,21H,5-10H2,1-4H3,(H,16,18)(H,19,20);9,19H,5-8H2,1-4H3,(H,14,16)(H,17,18);5-6,9,19H,7-8H2,1-4H3,(H,14,16)(H,17,18);10,16,18H,5-9H2,1-4H3,(H,14,17);12-13H,5-6H2,1-4H3/b;;6-5-;;. The molecule has 27 nitrogen and oxygen atoms in total. The zero-order valence-electron chi connectivity index (χ0n) is 57.9. The molecule has 0 aromatic heterocycles. The van der Waals surface area contributed by atoms with E-state index in [1.807, 2.05) is 138 Å². The molecule has 0 aromatic carbocycles. The van der Waals surface area contributed by atoms with Gasteiger partial charge in [-0.05, 0) is 209 Å². The highest BCUT2D eigenvalue weighted by molar-refractivity contribution is 5.94. The molecule has 5 rings (SSSR count). The summed E-state index contributed by atoms with van der Waals surface area (Å²) in [5, 5.41) is 115. The highest BCUT2D eigenvalue weighted by Crippen LogP contribution is 2.41. The second kappa shape index (κ2) is 33.3. The van der Waals surface area contributed by atoms with Crippen molar-refractivity contribution in [2.75, 3.05) is 6.61 Å². The summed E-state index contributed by atoms with van der Waals surface area (Å²) in [6.45, 7) is 38.8. The molecule has 0 aliphatic carbocycles. The van der Waals surface area contributed by atoms with E-state index in [2.05, 4.69) is 26.4 Å². The summed E-state index contributed by atoms with van der Waals surface area (Å²) < 4.78 is 0. The number of carbonyl (C=O) groups excluding carboxylic acids is 4. The lowest BCUT2D eigenvalue weighted by Crippen LogP contribution is -2.62. The molecular formula is C63H118N10O17. The van der Waals surface area contributed by atoms with E-state index in [0.717, 1.165) is 30.7 Å². The third-order valence-electron chi connectivity index (χ3n) is 17.1. The van der Waals surface area contributed by atoms with Gasteiger partial charge in [0.05, 0.1) is 12.1 Å². The van der Waals surface area contributed by atoms with Crippen molar-refractivity contribution in [1.82, 2.24) is 46.6 Å². The number of carboxylic acid groups (broad SMARTS) is 3. The minimum atomic E-state index is -1.15. The quantitative estimate of drug-likeness (QED) is 0.0285. The van der Waals surface area contributed by atoms with Crippen molar-refractivity contribution < 1.29 is 85.2 Å². The van der Waals surface area contributed by atoms with Crippen LogP contribution >= 0.6 is 0 Å². The van der Waals surface area contributed by atoms with Crippen molar-refractivity contribution in [3.05, 3.63) is 12.2 Å². The molecule has 0 unspecified atom stereocenters. The second-order valence-corrected chi connectivity index (χ2v) is 31.3. The number of amides is 4. The Morgan fingerprint density at radius 3 is 0.911 bits per heavy atom. The van der Waals surface area contributed by atoms with Gasteiger partial charge in [-0.3, -0.25) is 28.8 Å². The van der Waals surface area contributed by atoms with E-state index < -0.39 is 46.0 Å². The number of oxime groups is 1. The number of rotatable bonds is 17. The largest absolute Gasteiger partial charge is 0.481 e. The smallest absolute Gasteiger partial charge is 0.328 e. The molecule has 0 radical (unpaired) electrons. The number of carbonyl (C=O) groups is 7. The minimum Gasteiger partial charge on any atom is -0.481 e. The summed E-state index contributed by atoms with van der Waals surface area (Å²) in [5.41, 5.74) is -3.18. The number of nitrogens with one attached hydrogen (secondary N) is 4. The highest BCUT2D eigenvalue weighted by atomic mass is 16.5. The zero-order valence-corrected chi connectivity index (χ0v) is 57.9. The molecule has 5 saturated heterocycles. The Hall–Kier alpha value is -4.94. The maximum absolute atomic E-state index is 11.9. The van der Waals surface area contributed by atoms with Crippen LogP contribution in [0.25, 0.3) is 0 Å². The van der Waals surface area contributed by atoms with E-state index in [-0.39, 0.29) is 101 Å². The van der Waals surface area contributed by atoms with Gasteiger partial charge in [-0.15, -0.1) is 0 Å². The molecule has 5 aliphatic rings. The fourth-order valence-corrected chi connectivity index (χ4v) is 13.9. The molecule has 0 bridgehead atoms. The summed E-state index contributed by atoms with van der Waals surface area (Å²) in [7, 11) is 0. The molecule has 0 saturated carbocycles. The predicted molar refractivity (Wildman–Crippen MR) is 338 cm³/mol. The van der Waals surface area contributed by atoms with Crippen molar-refractivity contribution in [2.24, 2.45) is 5.16 Å². The Bertz CT molecular complexity index is 2370. The van der Waals surface area contributed by atoms with Gasteiger partial charge in [0.2, 0.25) is 23.6 Å². The van der Waals surface area contributed by atoms with Crippen LogP contribution in [0.4, 0.5) is 0 Å². The van der Waals surface area contributed by atoms with E-state index in [1.165, 1.54) is 25.3 Å². The first-order chi connectivity index (χ1) is 40.6. The average molecular weight is 1290 g/mol. The van der Waals surface area contributed by atoms with Crippen LogP contribution in [0, 0.1) is 0 Å². The first kappa shape index (κ1) is 83.1. The zero-order chi connectivity index (χ0) is 70.2. The molecule has 27 heteroatoms. The Balaban J connectivity index is 0.000000566. The van der Waals surface area contributed by atoms with Crippen molar-refractivity contribution >= 4 is 47.2 Å². The van der Waals surface area contributed by atoms with Gasteiger partial charge < -0.3 is 72.9 Å². The topological polar surface area (TPSA) is 398 Å².